The Kier molecular flexibility index (Phi) is 7.74. The molecule has 2 aromatic rings. The van der Waals surface area contributed by atoms with Crippen LogP contribution >= 0.6 is 0 Å². The van der Waals surface area contributed by atoms with Crippen LogP contribution in [-0.4, -0.2) is 26.7 Å². The van der Waals surface area contributed by atoms with Gasteiger partial charge in [0, 0.05) is 12.1 Å². The molecule has 11 heteroatoms. The highest BCUT2D eigenvalue weighted by molar-refractivity contribution is 7.92. The summed E-state index contributed by atoms with van der Waals surface area (Å²) >= 11 is 0. The quantitative estimate of drug-likeness (QED) is 0.500. The van der Waals surface area contributed by atoms with Crippen LogP contribution in [0.4, 0.5) is 23.2 Å². The second-order valence-corrected chi connectivity index (χ2v) is 10.1. The van der Waals surface area contributed by atoms with Crippen LogP contribution in [0.25, 0.3) is 0 Å². The smallest absolute Gasteiger partial charge is 0.416 e. The highest BCUT2D eigenvalue weighted by atomic mass is 32.2. The SMILES string of the molecule is CC(C(=O)NCc1ccc(C(F)(F)F)cc1OC1CCCC1)c1ccc(NS(C)(=O)=O)c(F)c1. The zero-order chi connectivity index (χ0) is 25.1. The van der Waals surface area contributed by atoms with Gasteiger partial charge in [-0.05, 0) is 62.4 Å². The van der Waals surface area contributed by atoms with Crippen molar-refractivity contribution in [1.82, 2.24) is 5.32 Å². The van der Waals surface area contributed by atoms with Gasteiger partial charge in [-0.15, -0.1) is 0 Å². The summed E-state index contributed by atoms with van der Waals surface area (Å²) in [6, 6.07) is 6.88. The van der Waals surface area contributed by atoms with Crippen molar-refractivity contribution in [3.63, 3.8) is 0 Å². The number of alkyl halides is 3. The van der Waals surface area contributed by atoms with Crippen LogP contribution in [0.15, 0.2) is 36.4 Å². The van der Waals surface area contributed by atoms with Gasteiger partial charge in [0.2, 0.25) is 15.9 Å². The van der Waals surface area contributed by atoms with Crippen molar-refractivity contribution in [2.45, 2.75) is 57.3 Å². The summed E-state index contributed by atoms with van der Waals surface area (Å²) in [6.45, 7) is 1.47. The average Bonchev–Trinajstić information content (AvgIpc) is 3.25. The van der Waals surface area contributed by atoms with E-state index < -0.39 is 39.4 Å². The van der Waals surface area contributed by atoms with Crippen molar-refractivity contribution in [2.24, 2.45) is 0 Å². The van der Waals surface area contributed by atoms with E-state index in [1.165, 1.54) is 25.1 Å². The summed E-state index contributed by atoms with van der Waals surface area (Å²) in [5, 5.41) is 2.66. The number of carbonyl (C=O) groups excluding carboxylic acids is 1. The van der Waals surface area contributed by atoms with Crippen molar-refractivity contribution in [3.8, 4) is 5.75 Å². The van der Waals surface area contributed by atoms with E-state index in [9.17, 15) is 30.8 Å². The van der Waals surface area contributed by atoms with Gasteiger partial charge >= 0.3 is 6.18 Å². The molecular weight excluding hydrogens is 476 g/mol. The molecule has 1 unspecified atom stereocenters. The van der Waals surface area contributed by atoms with Crippen molar-refractivity contribution >= 4 is 21.6 Å². The maximum absolute atomic E-state index is 14.3. The van der Waals surface area contributed by atoms with Gasteiger partial charge in [-0.1, -0.05) is 12.1 Å². The first-order valence-corrected chi connectivity index (χ1v) is 12.6. The fourth-order valence-electron chi connectivity index (χ4n) is 3.74. The Hall–Kier alpha value is -2.82. The summed E-state index contributed by atoms with van der Waals surface area (Å²) in [4.78, 5) is 12.7. The molecule has 0 saturated heterocycles. The molecule has 1 amide bonds. The average molecular weight is 503 g/mol. The highest BCUT2D eigenvalue weighted by Gasteiger charge is 2.32. The molecule has 0 bridgehead atoms. The Morgan fingerprint density at radius 2 is 1.82 bits per heavy atom. The Morgan fingerprint density at radius 1 is 1.15 bits per heavy atom. The van der Waals surface area contributed by atoms with E-state index in [0.29, 0.717) is 11.1 Å². The van der Waals surface area contributed by atoms with Crippen LogP contribution in [0.3, 0.4) is 0 Å². The molecule has 0 aromatic heterocycles. The molecule has 0 heterocycles. The van der Waals surface area contributed by atoms with Gasteiger partial charge in [0.1, 0.15) is 11.6 Å². The molecule has 2 N–H and O–H groups in total. The molecule has 1 atom stereocenters. The van der Waals surface area contributed by atoms with Crippen LogP contribution in [0.1, 0.15) is 55.2 Å². The molecule has 0 spiro atoms. The van der Waals surface area contributed by atoms with E-state index in [-0.39, 0.29) is 24.1 Å². The zero-order valence-electron chi connectivity index (χ0n) is 18.7. The van der Waals surface area contributed by atoms with Crippen LogP contribution in [0.5, 0.6) is 5.75 Å². The fraction of sp³-hybridized carbons (Fsp3) is 0.435. The monoisotopic (exact) mass is 502 g/mol. The molecular formula is C23H26F4N2O4S. The lowest BCUT2D eigenvalue weighted by Gasteiger charge is -2.19. The number of anilines is 1. The van der Waals surface area contributed by atoms with Crippen LogP contribution in [0.2, 0.25) is 0 Å². The lowest BCUT2D eigenvalue weighted by atomic mass is 9.99. The van der Waals surface area contributed by atoms with Gasteiger partial charge in [-0.2, -0.15) is 13.2 Å². The van der Waals surface area contributed by atoms with Crippen molar-refractivity contribution < 1.29 is 35.5 Å². The molecule has 1 aliphatic carbocycles. The Labute approximate surface area is 195 Å². The summed E-state index contributed by atoms with van der Waals surface area (Å²) in [5.41, 5.74) is -0.359. The van der Waals surface area contributed by atoms with Gasteiger partial charge in [-0.25, -0.2) is 12.8 Å². The molecule has 3 rings (SSSR count). The molecule has 34 heavy (non-hydrogen) atoms. The standard InChI is InChI=1S/C23H26F4N2O4S/c1-14(15-8-10-20(19(24)11-15)29-34(2,31)32)22(30)28-13-16-7-9-17(23(25,26)27)12-21(16)33-18-5-3-4-6-18/h7-12,14,18,29H,3-6,13H2,1-2H3,(H,28,30). The molecule has 0 aliphatic heterocycles. The van der Waals surface area contributed by atoms with E-state index in [2.05, 4.69) is 5.32 Å². The third-order valence-electron chi connectivity index (χ3n) is 5.63. The number of ether oxygens (including phenoxy) is 1. The molecule has 1 saturated carbocycles. The second-order valence-electron chi connectivity index (χ2n) is 8.40. The van der Waals surface area contributed by atoms with Gasteiger partial charge in [0.05, 0.1) is 29.5 Å². The van der Waals surface area contributed by atoms with E-state index in [1.54, 1.807) is 0 Å². The summed E-state index contributed by atoms with van der Waals surface area (Å²) < 4.78 is 84.3. The Morgan fingerprint density at radius 3 is 2.41 bits per heavy atom. The van der Waals surface area contributed by atoms with Crippen molar-refractivity contribution in [1.29, 1.82) is 0 Å². The van der Waals surface area contributed by atoms with Gasteiger partial charge in [0.25, 0.3) is 0 Å². The van der Waals surface area contributed by atoms with Crippen LogP contribution < -0.4 is 14.8 Å². The Balaban J connectivity index is 1.72. The molecule has 186 valence electrons. The molecule has 1 fully saturated rings. The molecule has 2 aromatic carbocycles. The van der Waals surface area contributed by atoms with Crippen LogP contribution in [0, 0.1) is 5.82 Å². The maximum atomic E-state index is 14.3. The topological polar surface area (TPSA) is 84.5 Å². The lowest BCUT2D eigenvalue weighted by molar-refractivity contribution is -0.137. The van der Waals surface area contributed by atoms with E-state index in [1.807, 2.05) is 4.72 Å². The highest BCUT2D eigenvalue weighted by Crippen LogP contribution is 2.35. The number of rotatable bonds is 8. The van der Waals surface area contributed by atoms with E-state index in [0.717, 1.165) is 50.1 Å². The van der Waals surface area contributed by atoms with Crippen molar-refractivity contribution in [2.75, 3.05) is 11.0 Å². The minimum atomic E-state index is -4.52. The largest absolute Gasteiger partial charge is 0.490 e. The van der Waals surface area contributed by atoms with Gasteiger partial charge in [0.15, 0.2) is 0 Å². The summed E-state index contributed by atoms with van der Waals surface area (Å²) in [5.74, 6) is -2.03. The van der Waals surface area contributed by atoms with E-state index >= 15 is 0 Å². The molecule has 0 radical (unpaired) electrons. The maximum Gasteiger partial charge on any atom is 0.416 e. The molecule has 1 aliphatic rings. The first-order chi connectivity index (χ1) is 15.8. The first kappa shape index (κ1) is 25.8. The summed E-state index contributed by atoms with van der Waals surface area (Å²) in [7, 11) is -3.67. The number of sulfonamides is 1. The number of amides is 1. The third kappa shape index (κ3) is 6.85. The number of carbonyl (C=O) groups is 1. The fourth-order valence-corrected chi connectivity index (χ4v) is 4.31. The van der Waals surface area contributed by atoms with E-state index in [4.69, 9.17) is 4.74 Å². The predicted octanol–water partition coefficient (Wildman–Crippen LogP) is 4.96. The van der Waals surface area contributed by atoms with Gasteiger partial charge < -0.3 is 10.1 Å². The number of hydrogen-bond acceptors (Lipinski definition) is 4. The number of benzene rings is 2. The number of nitrogens with one attached hydrogen (secondary N) is 2. The first-order valence-electron chi connectivity index (χ1n) is 10.7. The zero-order valence-corrected chi connectivity index (χ0v) is 19.5. The van der Waals surface area contributed by atoms with Crippen LogP contribution in [-0.2, 0) is 27.5 Å². The van der Waals surface area contributed by atoms with Gasteiger partial charge in [-0.3, -0.25) is 9.52 Å². The minimum Gasteiger partial charge on any atom is -0.490 e. The second kappa shape index (κ2) is 10.2. The summed E-state index contributed by atoms with van der Waals surface area (Å²) in [6.07, 6.45) is -0.387. The third-order valence-corrected chi connectivity index (χ3v) is 6.22. The Bertz CT molecular complexity index is 1150. The minimum absolute atomic E-state index is 0.0699. The van der Waals surface area contributed by atoms with Crippen molar-refractivity contribution in [3.05, 3.63) is 58.9 Å². The molecule has 6 nitrogen and oxygen atoms in total. The number of halogens is 4. The normalized spacial score (nSPS) is 15.7. The number of hydrogen-bond donors (Lipinski definition) is 2. The lowest BCUT2D eigenvalue weighted by Crippen LogP contribution is -2.28. The predicted molar refractivity (Wildman–Crippen MR) is 119 cm³/mol.